The lowest BCUT2D eigenvalue weighted by atomic mass is 9.68. The second-order valence-electron chi connectivity index (χ2n) is 16.4. The molecule has 1 saturated heterocycles. The Kier molecular flexibility index (Phi) is 12.4. The van der Waals surface area contributed by atoms with Crippen LogP contribution in [-0.2, 0) is 14.0 Å². The molecule has 1 fully saturated rings. The van der Waals surface area contributed by atoms with E-state index in [0.717, 1.165) is 20.8 Å². The highest BCUT2D eigenvalue weighted by molar-refractivity contribution is 6.99. The molecule has 60 heavy (non-hydrogen) atoms. The number of hydrogen-bond acceptors (Lipinski definition) is 9. The van der Waals surface area contributed by atoms with Gasteiger partial charge in [0.2, 0.25) is 11.8 Å². The summed E-state index contributed by atoms with van der Waals surface area (Å²) in [5.74, 6) is -3.92. The zero-order valence-electron chi connectivity index (χ0n) is 33.8. The van der Waals surface area contributed by atoms with Gasteiger partial charge < -0.3 is 19.7 Å². The van der Waals surface area contributed by atoms with Gasteiger partial charge in [-0.05, 0) is 81.7 Å². The molecule has 2 heterocycles. The number of phenolic OH excluding ortho intramolecular Hbond substituents is 1. The van der Waals surface area contributed by atoms with E-state index in [2.05, 4.69) is 50.0 Å². The molecule has 2 aliphatic rings. The maximum Gasteiger partial charge on any atom is 0.271 e. The average Bonchev–Trinajstić information content (AvgIpc) is 3.51. The van der Waals surface area contributed by atoms with Crippen LogP contribution < -0.4 is 15.3 Å². The average molecular weight is 824 g/mol. The normalized spacial score (nSPS) is 19.1. The Bertz CT molecular complexity index is 2380. The Morgan fingerprint density at radius 2 is 1.57 bits per heavy atom. The summed E-state index contributed by atoms with van der Waals surface area (Å²) in [6, 6.07) is 38.1. The number of pyridine rings is 1. The molecule has 0 unspecified atom stereocenters. The highest BCUT2D eigenvalue weighted by Crippen LogP contribution is 2.48. The lowest BCUT2D eigenvalue weighted by Gasteiger charge is -2.44. The molecule has 0 bridgehead atoms. The highest BCUT2D eigenvalue weighted by atomic mass is 28.4. The summed E-state index contributed by atoms with van der Waals surface area (Å²) in [7, 11) is -3.15. The fraction of sp³-hybridized carbons (Fsp3) is 0.271. The molecular weight excluding hydrogens is 775 g/mol. The third kappa shape index (κ3) is 8.11. The molecule has 1 aromatic heterocycles. The summed E-state index contributed by atoms with van der Waals surface area (Å²) in [6.07, 6.45) is 2.85. The number of aromatic nitrogens is 1. The number of allylic oxidation sites excluding steroid dienone is 1. The molecule has 11 nitrogen and oxygen atoms in total. The molecule has 308 valence electrons. The van der Waals surface area contributed by atoms with Crippen LogP contribution >= 0.6 is 0 Å². The zero-order valence-corrected chi connectivity index (χ0v) is 34.8. The number of rotatable bonds is 14. The predicted octanol–water partition coefficient (Wildman–Crippen LogP) is 7.07. The van der Waals surface area contributed by atoms with Gasteiger partial charge in [-0.15, -0.1) is 0 Å². The van der Waals surface area contributed by atoms with Crippen LogP contribution in [0.15, 0.2) is 145 Å². The summed E-state index contributed by atoms with van der Waals surface area (Å²) in [6.45, 7) is 5.94. The number of nitro groups is 1. The first-order valence-electron chi connectivity index (χ1n) is 20.1. The van der Waals surface area contributed by atoms with Gasteiger partial charge in [-0.2, -0.15) is 0 Å². The van der Waals surface area contributed by atoms with Crippen molar-refractivity contribution in [1.29, 1.82) is 0 Å². The molecule has 12 heteroatoms. The largest absolute Gasteiger partial charge is 0.507 e. The van der Waals surface area contributed by atoms with E-state index < -0.39 is 60.6 Å². The fourth-order valence-electron chi connectivity index (χ4n) is 9.12. The molecule has 4 atom stereocenters. The lowest BCUT2D eigenvalue weighted by Crippen LogP contribution is -2.66. The molecule has 7 rings (SSSR count). The van der Waals surface area contributed by atoms with E-state index in [9.17, 15) is 35.0 Å². The van der Waals surface area contributed by atoms with Gasteiger partial charge in [0.15, 0.2) is 0 Å². The molecule has 3 N–H and O–H groups in total. The standard InChI is InChI=1S/C48H49N3O8Si/c1-48(2,3)60(37-18-6-4-7-19-37,38-20-8-5-9-21-38)59-31-34-28-39-45(47(56)50(46(39)55)35-16-14-17-36(29-35)51(57)58)40(30-52)44(34)43(54)25-24-32(41-22-12-13-26-49-41)27-33-15-10-11-23-42(33)53/h4-23,26-27,29,39-40,43,45,52-54H,24-25,28,30-31H2,1-3H3/b32-27-/t39-,40+,43-,45-/m1/s1. The summed E-state index contributed by atoms with van der Waals surface area (Å²) in [4.78, 5) is 45.5. The first-order chi connectivity index (χ1) is 28.9. The van der Waals surface area contributed by atoms with E-state index in [1.54, 1.807) is 30.5 Å². The topological polar surface area (TPSA) is 163 Å². The van der Waals surface area contributed by atoms with Crippen LogP contribution in [0.25, 0.3) is 11.6 Å². The molecule has 1 aliphatic carbocycles. The van der Waals surface area contributed by atoms with E-state index in [1.807, 2.05) is 60.7 Å². The number of amides is 2. The summed E-state index contributed by atoms with van der Waals surface area (Å²) >= 11 is 0. The number of carbonyl (C=O) groups is 2. The molecule has 0 spiro atoms. The van der Waals surface area contributed by atoms with E-state index in [0.29, 0.717) is 28.8 Å². The van der Waals surface area contributed by atoms with E-state index >= 15 is 0 Å². The zero-order chi connectivity index (χ0) is 42.6. The first-order valence-corrected chi connectivity index (χ1v) is 22.0. The van der Waals surface area contributed by atoms with Crippen LogP contribution in [0.3, 0.4) is 0 Å². The Hall–Kier alpha value is -6.05. The van der Waals surface area contributed by atoms with Crippen molar-refractivity contribution in [2.24, 2.45) is 17.8 Å². The van der Waals surface area contributed by atoms with Crippen LogP contribution in [0.4, 0.5) is 11.4 Å². The van der Waals surface area contributed by atoms with Crippen molar-refractivity contribution >= 4 is 53.5 Å². The number of phenols is 1. The summed E-state index contributed by atoms with van der Waals surface area (Å²) in [5, 5.41) is 47.7. The number of nitrogens with zero attached hydrogens (tertiary/aromatic N) is 3. The van der Waals surface area contributed by atoms with Crippen molar-refractivity contribution in [2.45, 2.75) is 51.2 Å². The second kappa shape index (κ2) is 17.7. The van der Waals surface area contributed by atoms with Crippen LogP contribution in [-0.4, -0.2) is 64.7 Å². The number of imide groups is 1. The monoisotopic (exact) mass is 823 g/mol. The molecule has 0 radical (unpaired) electrons. The number of aliphatic hydroxyl groups is 2. The molecule has 1 aliphatic heterocycles. The second-order valence-corrected chi connectivity index (χ2v) is 20.7. The molecule has 4 aromatic carbocycles. The van der Waals surface area contributed by atoms with Gasteiger partial charge >= 0.3 is 0 Å². The van der Waals surface area contributed by atoms with Crippen molar-refractivity contribution in [1.82, 2.24) is 4.98 Å². The molecule has 2 amide bonds. The van der Waals surface area contributed by atoms with Crippen molar-refractivity contribution in [3.63, 3.8) is 0 Å². The number of carbonyl (C=O) groups excluding carboxylic acids is 2. The van der Waals surface area contributed by atoms with Crippen molar-refractivity contribution < 1.29 is 34.3 Å². The number of non-ortho nitro benzene ring substituents is 1. The van der Waals surface area contributed by atoms with Crippen molar-refractivity contribution in [3.05, 3.63) is 166 Å². The van der Waals surface area contributed by atoms with Gasteiger partial charge in [0, 0.05) is 29.8 Å². The van der Waals surface area contributed by atoms with Crippen molar-refractivity contribution in [2.75, 3.05) is 18.1 Å². The minimum absolute atomic E-state index is 0.0124. The lowest BCUT2D eigenvalue weighted by molar-refractivity contribution is -0.384. The summed E-state index contributed by atoms with van der Waals surface area (Å²) < 4.78 is 7.38. The van der Waals surface area contributed by atoms with E-state index in [-0.39, 0.29) is 36.6 Å². The number of aromatic hydroxyl groups is 1. The van der Waals surface area contributed by atoms with Gasteiger partial charge in [-0.3, -0.25) is 24.7 Å². The number of nitro benzene ring substituents is 1. The quantitative estimate of drug-likeness (QED) is 0.0350. The Morgan fingerprint density at radius 3 is 2.17 bits per heavy atom. The number of anilines is 1. The number of fused-ring (bicyclic) bond motifs is 1. The maximum absolute atomic E-state index is 14.4. The Labute approximate surface area is 350 Å². The van der Waals surface area contributed by atoms with E-state index in [1.165, 1.54) is 24.3 Å². The molecule has 5 aromatic rings. The third-order valence-corrected chi connectivity index (χ3v) is 16.8. The van der Waals surface area contributed by atoms with Gasteiger partial charge in [0.25, 0.3) is 14.0 Å². The minimum Gasteiger partial charge on any atom is -0.507 e. The highest BCUT2D eigenvalue weighted by Gasteiger charge is 2.56. The molecular formula is C48H49N3O8Si. The maximum atomic E-state index is 14.4. The Balaban J connectivity index is 1.32. The smallest absolute Gasteiger partial charge is 0.271 e. The predicted molar refractivity (Wildman–Crippen MR) is 234 cm³/mol. The van der Waals surface area contributed by atoms with Crippen LogP contribution in [0.5, 0.6) is 5.75 Å². The number of aliphatic hydroxyl groups excluding tert-OH is 2. The molecule has 0 saturated carbocycles. The van der Waals surface area contributed by atoms with Gasteiger partial charge in [-0.25, -0.2) is 4.90 Å². The van der Waals surface area contributed by atoms with Gasteiger partial charge in [0.1, 0.15) is 5.75 Å². The van der Waals surface area contributed by atoms with Gasteiger partial charge in [-0.1, -0.05) is 112 Å². The number of benzene rings is 4. The van der Waals surface area contributed by atoms with E-state index in [4.69, 9.17) is 4.43 Å². The fourth-order valence-corrected chi connectivity index (χ4v) is 13.7. The van der Waals surface area contributed by atoms with Crippen LogP contribution in [0.1, 0.15) is 51.3 Å². The minimum atomic E-state index is -3.15. The van der Waals surface area contributed by atoms with Crippen LogP contribution in [0, 0.1) is 27.9 Å². The first kappa shape index (κ1) is 42.1. The number of hydrogen-bond donors (Lipinski definition) is 3. The summed E-state index contributed by atoms with van der Waals surface area (Å²) in [5.41, 5.74) is 2.87. The number of para-hydroxylation sites is 1. The van der Waals surface area contributed by atoms with Crippen molar-refractivity contribution in [3.8, 4) is 5.75 Å². The third-order valence-electron chi connectivity index (χ3n) is 11.9. The van der Waals surface area contributed by atoms with Crippen LogP contribution in [0.2, 0.25) is 5.04 Å². The van der Waals surface area contributed by atoms with Gasteiger partial charge in [0.05, 0.1) is 47.5 Å². The SMILES string of the molecule is CC(C)(C)[Si](OCC1=C([C@H](O)CC/C(=C/c2ccccc2O)c2ccccn2)[C@H](CO)[C@@H]2C(=O)N(c3cccc([N+](=O)[O-])c3)C(=O)[C@@H]2C1)(c1ccccc1)c1ccccc1. The Morgan fingerprint density at radius 1 is 0.917 bits per heavy atom.